The van der Waals surface area contributed by atoms with Gasteiger partial charge in [0.05, 0.1) is 12.7 Å². The molecular formula is C19H27N3O3. The van der Waals surface area contributed by atoms with Gasteiger partial charge in [-0.3, -0.25) is 4.79 Å². The van der Waals surface area contributed by atoms with Gasteiger partial charge in [0.1, 0.15) is 5.75 Å². The van der Waals surface area contributed by atoms with Crippen molar-refractivity contribution in [3.8, 4) is 5.75 Å². The largest absolute Gasteiger partial charge is 0.496 e. The molecule has 0 aromatic heterocycles. The first-order valence-corrected chi connectivity index (χ1v) is 9.17. The van der Waals surface area contributed by atoms with Crippen LogP contribution in [0, 0.1) is 0 Å². The van der Waals surface area contributed by atoms with Gasteiger partial charge in [-0.2, -0.15) is 0 Å². The molecule has 1 aromatic carbocycles. The minimum Gasteiger partial charge on any atom is -0.496 e. The Kier molecular flexibility index (Phi) is 5.79. The molecule has 2 fully saturated rings. The third kappa shape index (κ3) is 4.24. The number of hydrogen-bond acceptors (Lipinski definition) is 3. The summed E-state index contributed by atoms with van der Waals surface area (Å²) in [6.45, 7) is 2.24. The standard InChI is InChI=1S/C19H27N3O3/c1-25-17-10-6-5-9-16(17)18(23)21-11-13-22(14-12-21)19(24)20-15-7-3-2-4-8-15/h5-6,9-10,15H,2-4,7-8,11-14H2,1H3,(H,20,24). The van der Waals surface area contributed by atoms with E-state index in [1.807, 2.05) is 17.0 Å². The number of carbonyl (C=O) groups excluding carboxylic acids is 2. The fourth-order valence-electron chi connectivity index (χ4n) is 3.62. The minimum atomic E-state index is -0.0372. The first kappa shape index (κ1) is 17.6. The average Bonchev–Trinajstić information content (AvgIpc) is 2.68. The molecule has 0 unspecified atom stereocenters. The third-order valence-electron chi connectivity index (χ3n) is 5.12. The number of nitrogens with zero attached hydrogens (tertiary/aromatic N) is 2. The Hall–Kier alpha value is -2.24. The molecular weight excluding hydrogens is 318 g/mol. The highest BCUT2D eigenvalue weighted by molar-refractivity contribution is 5.97. The van der Waals surface area contributed by atoms with Crippen LogP contribution in [0.3, 0.4) is 0 Å². The molecule has 0 spiro atoms. The minimum absolute atomic E-state index is 0.0105. The Balaban J connectivity index is 1.52. The number of hydrogen-bond donors (Lipinski definition) is 1. The summed E-state index contributed by atoms with van der Waals surface area (Å²) in [7, 11) is 1.57. The molecule has 25 heavy (non-hydrogen) atoms. The van der Waals surface area contributed by atoms with Crippen LogP contribution in [-0.2, 0) is 0 Å². The second kappa shape index (κ2) is 8.23. The molecule has 1 heterocycles. The van der Waals surface area contributed by atoms with Gasteiger partial charge in [-0.1, -0.05) is 31.4 Å². The molecule has 0 atom stereocenters. The zero-order valence-corrected chi connectivity index (χ0v) is 14.9. The van der Waals surface area contributed by atoms with Crippen molar-refractivity contribution in [2.75, 3.05) is 33.3 Å². The van der Waals surface area contributed by atoms with E-state index in [0.29, 0.717) is 43.5 Å². The van der Waals surface area contributed by atoms with Crippen molar-refractivity contribution in [3.05, 3.63) is 29.8 Å². The quantitative estimate of drug-likeness (QED) is 0.915. The summed E-state index contributed by atoms with van der Waals surface area (Å²) in [5, 5.41) is 3.15. The average molecular weight is 345 g/mol. The number of methoxy groups -OCH3 is 1. The molecule has 1 aromatic rings. The normalized spacial score (nSPS) is 18.8. The van der Waals surface area contributed by atoms with E-state index < -0.39 is 0 Å². The number of amides is 3. The van der Waals surface area contributed by atoms with Gasteiger partial charge in [-0.25, -0.2) is 4.79 Å². The fourth-order valence-corrected chi connectivity index (χ4v) is 3.62. The lowest BCUT2D eigenvalue weighted by Crippen LogP contribution is -2.54. The van der Waals surface area contributed by atoms with Gasteiger partial charge in [-0.05, 0) is 25.0 Å². The van der Waals surface area contributed by atoms with Crippen LogP contribution in [0.4, 0.5) is 4.79 Å². The van der Waals surface area contributed by atoms with Crippen molar-refractivity contribution in [2.24, 2.45) is 0 Å². The summed E-state index contributed by atoms with van der Waals surface area (Å²) in [4.78, 5) is 28.7. The summed E-state index contributed by atoms with van der Waals surface area (Å²) in [5.74, 6) is 0.551. The van der Waals surface area contributed by atoms with Crippen molar-refractivity contribution in [1.29, 1.82) is 0 Å². The lowest BCUT2D eigenvalue weighted by Gasteiger charge is -2.36. The van der Waals surface area contributed by atoms with Crippen LogP contribution in [0.5, 0.6) is 5.75 Å². The predicted octanol–water partition coefficient (Wildman–Crippen LogP) is 2.50. The van der Waals surface area contributed by atoms with E-state index in [1.165, 1.54) is 19.3 Å². The fraction of sp³-hybridized carbons (Fsp3) is 0.579. The van der Waals surface area contributed by atoms with Crippen molar-refractivity contribution >= 4 is 11.9 Å². The van der Waals surface area contributed by atoms with E-state index >= 15 is 0 Å². The van der Waals surface area contributed by atoms with Crippen LogP contribution in [0.25, 0.3) is 0 Å². The van der Waals surface area contributed by atoms with Crippen LogP contribution < -0.4 is 10.1 Å². The van der Waals surface area contributed by atoms with Crippen LogP contribution in [0.2, 0.25) is 0 Å². The van der Waals surface area contributed by atoms with Crippen LogP contribution in [0.15, 0.2) is 24.3 Å². The summed E-state index contributed by atoms with van der Waals surface area (Å²) in [5.41, 5.74) is 0.574. The van der Waals surface area contributed by atoms with Crippen molar-refractivity contribution in [2.45, 2.75) is 38.1 Å². The molecule has 1 saturated carbocycles. The molecule has 0 radical (unpaired) electrons. The summed E-state index contributed by atoms with van der Waals surface area (Å²) in [6, 6.07) is 7.59. The number of nitrogens with one attached hydrogen (secondary N) is 1. The second-order valence-electron chi connectivity index (χ2n) is 6.76. The van der Waals surface area contributed by atoms with Crippen LogP contribution in [0.1, 0.15) is 42.5 Å². The molecule has 1 N–H and O–H groups in total. The predicted molar refractivity (Wildman–Crippen MR) is 95.9 cm³/mol. The summed E-state index contributed by atoms with van der Waals surface area (Å²) in [6.07, 6.45) is 5.84. The van der Waals surface area contributed by atoms with E-state index in [0.717, 1.165) is 12.8 Å². The number of rotatable bonds is 3. The highest BCUT2D eigenvalue weighted by atomic mass is 16.5. The summed E-state index contributed by atoms with van der Waals surface area (Å²) < 4.78 is 5.28. The van der Waals surface area contributed by atoms with Crippen molar-refractivity contribution in [1.82, 2.24) is 15.1 Å². The Labute approximate surface area is 149 Å². The molecule has 6 heteroatoms. The zero-order chi connectivity index (χ0) is 17.6. The number of piperazine rings is 1. The van der Waals surface area contributed by atoms with E-state index in [1.54, 1.807) is 24.1 Å². The first-order valence-electron chi connectivity index (χ1n) is 9.17. The second-order valence-corrected chi connectivity index (χ2v) is 6.76. The Morgan fingerprint density at radius 1 is 1.00 bits per heavy atom. The van der Waals surface area contributed by atoms with E-state index in [4.69, 9.17) is 4.74 Å². The molecule has 1 aliphatic heterocycles. The van der Waals surface area contributed by atoms with Gasteiger partial charge in [0, 0.05) is 32.2 Å². The molecule has 3 amide bonds. The Morgan fingerprint density at radius 2 is 1.64 bits per heavy atom. The molecule has 0 bridgehead atoms. The maximum atomic E-state index is 12.7. The smallest absolute Gasteiger partial charge is 0.317 e. The van der Waals surface area contributed by atoms with Gasteiger partial charge in [0.25, 0.3) is 5.91 Å². The van der Waals surface area contributed by atoms with E-state index in [-0.39, 0.29) is 11.9 Å². The molecule has 3 rings (SSSR count). The van der Waals surface area contributed by atoms with E-state index in [2.05, 4.69) is 5.32 Å². The van der Waals surface area contributed by atoms with Crippen LogP contribution in [-0.4, -0.2) is 61.1 Å². The molecule has 136 valence electrons. The van der Waals surface area contributed by atoms with Gasteiger partial charge in [0.15, 0.2) is 0 Å². The van der Waals surface area contributed by atoms with Gasteiger partial charge in [-0.15, -0.1) is 0 Å². The van der Waals surface area contributed by atoms with Crippen LogP contribution >= 0.6 is 0 Å². The lowest BCUT2D eigenvalue weighted by molar-refractivity contribution is 0.0659. The molecule has 1 saturated heterocycles. The Bertz CT molecular complexity index is 606. The van der Waals surface area contributed by atoms with E-state index in [9.17, 15) is 9.59 Å². The third-order valence-corrected chi connectivity index (χ3v) is 5.12. The van der Waals surface area contributed by atoms with Gasteiger partial charge >= 0.3 is 6.03 Å². The SMILES string of the molecule is COc1ccccc1C(=O)N1CCN(C(=O)NC2CCCCC2)CC1. The number of benzene rings is 1. The maximum Gasteiger partial charge on any atom is 0.317 e. The maximum absolute atomic E-state index is 12.7. The number of ether oxygens (including phenoxy) is 1. The van der Waals surface area contributed by atoms with Gasteiger partial charge < -0.3 is 19.9 Å². The van der Waals surface area contributed by atoms with Crippen molar-refractivity contribution < 1.29 is 14.3 Å². The van der Waals surface area contributed by atoms with Gasteiger partial charge in [0.2, 0.25) is 0 Å². The van der Waals surface area contributed by atoms with Crippen molar-refractivity contribution in [3.63, 3.8) is 0 Å². The lowest BCUT2D eigenvalue weighted by atomic mass is 9.96. The number of urea groups is 1. The topological polar surface area (TPSA) is 61.9 Å². The monoisotopic (exact) mass is 345 g/mol. The highest BCUT2D eigenvalue weighted by Gasteiger charge is 2.27. The Morgan fingerprint density at radius 3 is 2.32 bits per heavy atom. The number of carbonyl (C=O) groups is 2. The first-order chi connectivity index (χ1) is 12.2. The molecule has 6 nitrogen and oxygen atoms in total. The summed E-state index contributed by atoms with van der Waals surface area (Å²) >= 11 is 0. The highest BCUT2D eigenvalue weighted by Crippen LogP contribution is 2.21. The zero-order valence-electron chi connectivity index (χ0n) is 14.9. The molecule has 1 aliphatic carbocycles. The number of para-hydroxylation sites is 1. The molecule has 2 aliphatic rings.